The van der Waals surface area contributed by atoms with Gasteiger partial charge in [-0.25, -0.2) is 0 Å². The zero-order chi connectivity index (χ0) is 18.1. The first kappa shape index (κ1) is 17.7. The van der Waals surface area contributed by atoms with Gasteiger partial charge >= 0.3 is 0 Å². The number of carbonyl (C=O) groups excluding carboxylic acids is 2. The van der Waals surface area contributed by atoms with Gasteiger partial charge in [-0.15, -0.1) is 0 Å². The molecule has 0 bridgehead atoms. The number of rotatable bonds is 4. The Morgan fingerprint density at radius 3 is 2.38 bits per heavy atom. The van der Waals surface area contributed by atoms with Gasteiger partial charge in [0.15, 0.2) is 5.82 Å². The van der Waals surface area contributed by atoms with E-state index in [1.165, 1.54) is 0 Å². The van der Waals surface area contributed by atoms with Gasteiger partial charge in [-0.2, -0.15) is 0 Å². The van der Waals surface area contributed by atoms with Gasteiger partial charge in [-0.3, -0.25) is 9.59 Å². The van der Waals surface area contributed by atoms with Gasteiger partial charge < -0.3 is 19.7 Å². The van der Waals surface area contributed by atoms with E-state index in [1.54, 1.807) is 26.8 Å². The van der Waals surface area contributed by atoms with E-state index in [0.29, 0.717) is 28.6 Å². The fourth-order valence-corrected chi connectivity index (χ4v) is 2.15. The first-order valence-electron chi connectivity index (χ1n) is 7.61. The van der Waals surface area contributed by atoms with E-state index in [-0.39, 0.29) is 5.41 Å². The quantitative estimate of drug-likeness (QED) is 0.888. The second kappa shape index (κ2) is 6.46. The molecule has 2 heterocycles. The molecule has 24 heavy (non-hydrogen) atoms. The topological polar surface area (TPSA) is 110 Å². The number of aromatic nitrogens is 2. The van der Waals surface area contributed by atoms with Crippen molar-refractivity contribution in [2.45, 2.75) is 53.0 Å². The minimum atomic E-state index is -0.767. The first-order chi connectivity index (χ1) is 11.1. The van der Waals surface area contributed by atoms with Crippen LogP contribution in [0.3, 0.4) is 0 Å². The number of amides is 2. The van der Waals surface area contributed by atoms with E-state index in [2.05, 4.69) is 20.9 Å². The molecule has 8 nitrogen and oxygen atoms in total. The van der Waals surface area contributed by atoms with Crippen molar-refractivity contribution in [2.24, 2.45) is 0 Å². The van der Waals surface area contributed by atoms with Crippen LogP contribution in [0.1, 0.15) is 55.3 Å². The zero-order valence-corrected chi connectivity index (χ0v) is 14.7. The normalized spacial score (nSPS) is 12.8. The lowest BCUT2D eigenvalue weighted by molar-refractivity contribution is -0.117. The summed E-state index contributed by atoms with van der Waals surface area (Å²) in [4.78, 5) is 24.7. The SMILES string of the molecule is Cc1cc(NC(=O)C(C)NC(=O)c2c(C(C)(C)C)noc2C)no1. The lowest BCUT2D eigenvalue weighted by Gasteiger charge is -2.18. The van der Waals surface area contributed by atoms with Gasteiger partial charge in [0.25, 0.3) is 5.91 Å². The van der Waals surface area contributed by atoms with Crippen LogP contribution in [0.4, 0.5) is 5.82 Å². The average molecular weight is 334 g/mol. The van der Waals surface area contributed by atoms with Crippen molar-refractivity contribution in [1.29, 1.82) is 0 Å². The van der Waals surface area contributed by atoms with Crippen molar-refractivity contribution in [3.63, 3.8) is 0 Å². The Kier molecular flexibility index (Phi) is 4.77. The number of anilines is 1. The van der Waals surface area contributed by atoms with Crippen molar-refractivity contribution in [3.05, 3.63) is 28.8 Å². The molecule has 1 atom stereocenters. The van der Waals surface area contributed by atoms with Gasteiger partial charge in [-0.05, 0) is 20.8 Å². The highest BCUT2D eigenvalue weighted by molar-refractivity contribution is 6.01. The number of hydrogen-bond acceptors (Lipinski definition) is 6. The van der Waals surface area contributed by atoms with Crippen molar-refractivity contribution in [2.75, 3.05) is 5.32 Å². The Hall–Kier alpha value is -2.64. The maximum absolute atomic E-state index is 12.5. The summed E-state index contributed by atoms with van der Waals surface area (Å²) in [6, 6.07) is 0.825. The zero-order valence-electron chi connectivity index (χ0n) is 14.7. The first-order valence-corrected chi connectivity index (χ1v) is 7.61. The van der Waals surface area contributed by atoms with E-state index in [9.17, 15) is 9.59 Å². The van der Waals surface area contributed by atoms with Crippen molar-refractivity contribution < 1.29 is 18.6 Å². The summed E-state index contributed by atoms with van der Waals surface area (Å²) in [5.41, 5.74) is 0.561. The third kappa shape index (κ3) is 3.81. The molecule has 8 heteroatoms. The van der Waals surface area contributed by atoms with Crippen LogP contribution in [0.5, 0.6) is 0 Å². The molecule has 2 amide bonds. The van der Waals surface area contributed by atoms with Crippen LogP contribution < -0.4 is 10.6 Å². The predicted octanol–water partition coefficient (Wildman–Crippen LogP) is 2.33. The summed E-state index contributed by atoms with van der Waals surface area (Å²) in [6.07, 6.45) is 0. The van der Waals surface area contributed by atoms with Crippen LogP contribution in [-0.4, -0.2) is 28.2 Å². The van der Waals surface area contributed by atoms with Crippen molar-refractivity contribution in [1.82, 2.24) is 15.6 Å². The monoisotopic (exact) mass is 334 g/mol. The molecule has 0 aliphatic carbocycles. The number of nitrogens with one attached hydrogen (secondary N) is 2. The Labute approximate surface area is 139 Å². The molecule has 0 aliphatic rings. The summed E-state index contributed by atoms with van der Waals surface area (Å²) in [7, 11) is 0. The number of hydrogen-bond donors (Lipinski definition) is 2. The third-order valence-electron chi connectivity index (χ3n) is 3.42. The fourth-order valence-electron chi connectivity index (χ4n) is 2.15. The summed E-state index contributed by atoms with van der Waals surface area (Å²) >= 11 is 0. The van der Waals surface area contributed by atoms with Crippen molar-refractivity contribution in [3.8, 4) is 0 Å². The highest BCUT2D eigenvalue weighted by atomic mass is 16.5. The second-order valence-electron chi connectivity index (χ2n) is 6.72. The van der Waals surface area contributed by atoms with Gasteiger partial charge in [-0.1, -0.05) is 31.1 Å². The summed E-state index contributed by atoms with van der Waals surface area (Å²) < 4.78 is 10.0. The summed E-state index contributed by atoms with van der Waals surface area (Å²) in [5.74, 6) is 0.491. The minimum absolute atomic E-state index is 0.301. The van der Waals surface area contributed by atoms with Crippen molar-refractivity contribution >= 4 is 17.6 Å². The molecular formula is C16H22N4O4. The molecular weight excluding hydrogens is 312 g/mol. The van der Waals surface area contributed by atoms with E-state index >= 15 is 0 Å². The van der Waals surface area contributed by atoms with Crippen LogP contribution >= 0.6 is 0 Å². The molecule has 0 aliphatic heterocycles. The van der Waals surface area contributed by atoms with Crippen LogP contribution in [0.2, 0.25) is 0 Å². The van der Waals surface area contributed by atoms with Gasteiger partial charge in [0.05, 0.1) is 0 Å². The molecule has 0 fully saturated rings. The summed E-state index contributed by atoms with van der Waals surface area (Å²) in [5, 5.41) is 12.9. The lowest BCUT2D eigenvalue weighted by Crippen LogP contribution is -2.42. The summed E-state index contributed by atoms with van der Waals surface area (Å²) in [6.45, 7) is 10.8. The largest absolute Gasteiger partial charge is 0.361 e. The molecule has 0 radical (unpaired) electrons. The number of nitrogens with zero attached hydrogens (tertiary/aromatic N) is 2. The minimum Gasteiger partial charge on any atom is -0.361 e. The standard InChI is InChI=1S/C16H22N4O4/c1-8-7-11(19-23-8)18-14(21)9(2)17-15(22)12-10(3)24-20-13(12)16(4,5)6/h7,9H,1-6H3,(H,17,22)(H,18,19,21). The van der Waals surface area contributed by atoms with Crippen LogP contribution in [0, 0.1) is 13.8 Å². The van der Waals surface area contributed by atoms with Gasteiger partial charge in [0.2, 0.25) is 5.91 Å². The molecule has 2 N–H and O–H groups in total. The number of aryl methyl sites for hydroxylation is 2. The Balaban J connectivity index is 2.09. The molecule has 0 spiro atoms. The molecule has 2 rings (SSSR count). The van der Waals surface area contributed by atoms with E-state index in [0.717, 1.165) is 0 Å². The third-order valence-corrected chi connectivity index (χ3v) is 3.42. The highest BCUT2D eigenvalue weighted by Gasteiger charge is 2.30. The molecule has 0 saturated heterocycles. The molecule has 2 aromatic heterocycles. The molecule has 1 unspecified atom stereocenters. The van der Waals surface area contributed by atoms with E-state index in [1.807, 2.05) is 20.8 Å². The molecule has 0 saturated carbocycles. The Morgan fingerprint density at radius 2 is 1.83 bits per heavy atom. The lowest BCUT2D eigenvalue weighted by atomic mass is 9.88. The van der Waals surface area contributed by atoms with Crippen LogP contribution in [0.15, 0.2) is 15.1 Å². The molecule has 2 aromatic rings. The van der Waals surface area contributed by atoms with Crippen LogP contribution in [0.25, 0.3) is 0 Å². The van der Waals surface area contributed by atoms with Crippen LogP contribution in [-0.2, 0) is 10.2 Å². The predicted molar refractivity (Wildman–Crippen MR) is 86.7 cm³/mol. The Morgan fingerprint density at radius 1 is 1.17 bits per heavy atom. The molecule has 130 valence electrons. The Bertz CT molecular complexity index is 754. The van der Waals surface area contributed by atoms with Gasteiger partial charge in [0, 0.05) is 11.5 Å². The smallest absolute Gasteiger partial charge is 0.257 e. The second-order valence-corrected chi connectivity index (χ2v) is 6.72. The maximum atomic E-state index is 12.5. The fraction of sp³-hybridized carbons (Fsp3) is 0.500. The van der Waals surface area contributed by atoms with Gasteiger partial charge in [0.1, 0.15) is 28.8 Å². The average Bonchev–Trinajstić information content (AvgIpc) is 3.04. The van der Waals surface area contributed by atoms with E-state index < -0.39 is 17.9 Å². The number of carbonyl (C=O) groups is 2. The molecule has 0 aromatic carbocycles. The van der Waals surface area contributed by atoms with E-state index in [4.69, 9.17) is 9.05 Å². The maximum Gasteiger partial charge on any atom is 0.257 e. The highest BCUT2D eigenvalue weighted by Crippen LogP contribution is 2.26.